The van der Waals surface area contributed by atoms with Crippen molar-refractivity contribution in [2.75, 3.05) is 5.32 Å². The van der Waals surface area contributed by atoms with E-state index in [-0.39, 0.29) is 11.2 Å². The number of thioether (sulfide) groups is 1. The zero-order valence-corrected chi connectivity index (χ0v) is 15.1. The lowest BCUT2D eigenvalue weighted by molar-refractivity contribution is -0.115. The first kappa shape index (κ1) is 16.6. The van der Waals surface area contributed by atoms with Gasteiger partial charge in [0.2, 0.25) is 11.1 Å². The third-order valence-corrected chi connectivity index (χ3v) is 5.06. The lowest BCUT2D eigenvalue weighted by Crippen LogP contribution is -2.23. The maximum Gasteiger partial charge on any atom is 0.237 e. The normalized spacial score (nSPS) is 15.0. The molecular formula is C15H17N9OS. The summed E-state index contributed by atoms with van der Waals surface area (Å²) in [5.74, 6) is 0.515. The molecule has 134 valence electrons. The summed E-state index contributed by atoms with van der Waals surface area (Å²) in [6.07, 6.45) is 2.17. The summed E-state index contributed by atoms with van der Waals surface area (Å²) in [5, 5.41) is 26.5. The highest BCUT2D eigenvalue weighted by Gasteiger charge is 2.29. The minimum Gasteiger partial charge on any atom is -0.325 e. The Morgan fingerprint density at radius 1 is 1.27 bits per heavy atom. The molecule has 1 aliphatic rings. The Hall–Kier alpha value is -2.82. The molecule has 0 aliphatic heterocycles. The molecule has 4 rings (SSSR count). The number of aromatic nitrogens is 8. The molecule has 1 aliphatic carbocycles. The van der Waals surface area contributed by atoms with Crippen molar-refractivity contribution < 1.29 is 4.79 Å². The fraction of sp³-hybridized carbons (Fsp3) is 0.400. The van der Waals surface area contributed by atoms with Gasteiger partial charge >= 0.3 is 0 Å². The number of anilines is 1. The molecule has 2 aromatic heterocycles. The number of carbonyl (C=O) groups excluding carboxylic acids is 1. The molecule has 1 aromatic carbocycles. The third kappa shape index (κ3) is 3.43. The van der Waals surface area contributed by atoms with Crippen LogP contribution in [-0.4, -0.2) is 51.6 Å². The Morgan fingerprint density at radius 2 is 2.08 bits per heavy atom. The van der Waals surface area contributed by atoms with E-state index < -0.39 is 0 Å². The van der Waals surface area contributed by atoms with E-state index in [1.807, 2.05) is 31.2 Å². The zero-order valence-electron chi connectivity index (χ0n) is 14.3. The second-order valence-electron chi connectivity index (χ2n) is 6.09. The van der Waals surface area contributed by atoms with E-state index in [0.717, 1.165) is 18.4 Å². The Balaban J connectivity index is 1.44. The van der Waals surface area contributed by atoms with Crippen LogP contribution in [-0.2, 0) is 11.8 Å². The quantitative estimate of drug-likeness (QED) is 0.645. The van der Waals surface area contributed by atoms with E-state index >= 15 is 0 Å². The Bertz CT molecular complexity index is 933. The standard InChI is InChI=1S/C15H17N9OS/c1-9(26-15-18-20-22-24(15)12-6-7-12)14(25)16-11-5-3-4-10(8-11)13-17-19-21-23(13)2/h3-5,8-9,12H,6-7H2,1-2H3,(H,16,25). The second-order valence-corrected chi connectivity index (χ2v) is 7.40. The Labute approximate surface area is 153 Å². The molecule has 1 atom stereocenters. The molecule has 0 radical (unpaired) electrons. The fourth-order valence-electron chi connectivity index (χ4n) is 2.48. The molecule has 1 N–H and O–H groups in total. The smallest absolute Gasteiger partial charge is 0.237 e. The predicted octanol–water partition coefficient (Wildman–Crippen LogP) is 1.32. The summed E-state index contributed by atoms with van der Waals surface area (Å²) in [7, 11) is 1.77. The van der Waals surface area contributed by atoms with Crippen LogP contribution in [0.1, 0.15) is 25.8 Å². The SMILES string of the molecule is CC(Sc1nnnn1C1CC1)C(=O)Nc1cccc(-c2nnnn2C)c1. The van der Waals surface area contributed by atoms with E-state index in [9.17, 15) is 4.79 Å². The first-order chi connectivity index (χ1) is 12.6. The van der Waals surface area contributed by atoms with E-state index in [1.54, 1.807) is 16.4 Å². The lowest BCUT2D eigenvalue weighted by Gasteiger charge is -2.12. The molecule has 1 unspecified atom stereocenters. The maximum absolute atomic E-state index is 12.5. The highest BCUT2D eigenvalue weighted by Crippen LogP contribution is 2.37. The molecule has 1 saturated carbocycles. The Morgan fingerprint density at radius 3 is 2.81 bits per heavy atom. The minimum absolute atomic E-state index is 0.117. The summed E-state index contributed by atoms with van der Waals surface area (Å²) in [6, 6.07) is 7.79. The van der Waals surface area contributed by atoms with Crippen LogP contribution in [0.3, 0.4) is 0 Å². The van der Waals surface area contributed by atoms with Gasteiger partial charge in [-0.05, 0) is 52.8 Å². The first-order valence-corrected chi connectivity index (χ1v) is 9.08. The summed E-state index contributed by atoms with van der Waals surface area (Å²) >= 11 is 1.36. The number of tetrazole rings is 2. The largest absolute Gasteiger partial charge is 0.325 e. The van der Waals surface area contributed by atoms with Crippen molar-refractivity contribution in [2.45, 2.75) is 36.2 Å². The topological polar surface area (TPSA) is 116 Å². The molecule has 0 bridgehead atoms. The summed E-state index contributed by atoms with van der Waals surface area (Å²) < 4.78 is 3.38. The van der Waals surface area contributed by atoms with Gasteiger partial charge in [0.25, 0.3) is 0 Å². The lowest BCUT2D eigenvalue weighted by atomic mass is 10.2. The number of hydrogen-bond acceptors (Lipinski definition) is 8. The van der Waals surface area contributed by atoms with Gasteiger partial charge < -0.3 is 5.32 Å². The van der Waals surface area contributed by atoms with Gasteiger partial charge in [-0.3, -0.25) is 4.79 Å². The van der Waals surface area contributed by atoms with Gasteiger partial charge in [0.1, 0.15) is 0 Å². The number of benzene rings is 1. The molecule has 2 heterocycles. The molecule has 26 heavy (non-hydrogen) atoms. The second kappa shape index (κ2) is 6.83. The van der Waals surface area contributed by atoms with Crippen LogP contribution in [0.25, 0.3) is 11.4 Å². The van der Waals surface area contributed by atoms with Crippen molar-refractivity contribution in [3.63, 3.8) is 0 Å². The minimum atomic E-state index is -0.335. The number of nitrogens with zero attached hydrogens (tertiary/aromatic N) is 8. The van der Waals surface area contributed by atoms with E-state index in [4.69, 9.17) is 0 Å². The molecule has 0 saturated heterocycles. The maximum atomic E-state index is 12.5. The van der Waals surface area contributed by atoms with Crippen LogP contribution >= 0.6 is 11.8 Å². The molecule has 1 fully saturated rings. The summed E-state index contributed by atoms with van der Waals surface area (Å²) in [6.45, 7) is 1.84. The van der Waals surface area contributed by atoms with Gasteiger partial charge in [-0.25, -0.2) is 9.36 Å². The highest BCUT2D eigenvalue weighted by molar-refractivity contribution is 8.00. The van der Waals surface area contributed by atoms with E-state index in [1.165, 1.54) is 11.8 Å². The first-order valence-electron chi connectivity index (χ1n) is 8.20. The Kier molecular flexibility index (Phi) is 4.37. The molecule has 0 spiro atoms. The van der Waals surface area contributed by atoms with Crippen molar-refractivity contribution in [3.05, 3.63) is 24.3 Å². The van der Waals surface area contributed by atoms with Crippen molar-refractivity contribution >= 4 is 23.4 Å². The summed E-state index contributed by atoms with van der Waals surface area (Å²) in [4.78, 5) is 12.5. The number of rotatable bonds is 6. The third-order valence-electron chi connectivity index (χ3n) is 4.02. The van der Waals surface area contributed by atoms with Gasteiger partial charge in [-0.15, -0.1) is 10.2 Å². The monoisotopic (exact) mass is 371 g/mol. The predicted molar refractivity (Wildman–Crippen MR) is 94.3 cm³/mol. The van der Waals surface area contributed by atoms with Crippen molar-refractivity contribution in [1.29, 1.82) is 0 Å². The van der Waals surface area contributed by atoms with Crippen molar-refractivity contribution in [1.82, 2.24) is 40.4 Å². The van der Waals surface area contributed by atoms with E-state index in [2.05, 4.69) is 36.4 Å². The number of carbonyl (C=O) groups is 1. The van der Waals surface area contributed by atoms with Gasteiger partial charge in [0, 0.05) is 18.3 Å². The number of hydrogen-bond donors (Lipinski definition) is 1. The van der Waals surface area contributed by atoms with Crippen LogP contribution in [0.2, 0.25) is 0 Å². The van der Waals surface area contributed by atoms with Gasteiger partial charge in [-0.2, -0.15) is 0 Å². The number of amides is 1. The fourth-order valence-corrected chi connectivity index (χ4v) is 3.34. The molecule has 11 heteroatoms. The molecule has 1 amide bonds. The number of nitrogens with one attached hydrogen (secondary N) is 1. The molecular weight excluding hydrogens is 354 g/mol. The van der Waals surface area contributed by atoms with Crippen LogP contribution in [0.5, 0.6) is 0 Å². The number of aryl methyl sites for hydroxylation is 1. The van der Waals surface area contributed by atoms with E-state index in [0.29, 0.717) is 22.7 Å². The van der Waals surface area contributed by atoms with Crippen molar-refractivity contribution in [3.8, 4) is 11.4 Å². The molecule has 10 nitrogen and oxygen atoms in total. The molecule has 3 aromatic rings. The van der Waals surface area contributed by atoms with Gasteiger partial charge in [-0.1, -0.05) is 23.9 Å². The van der Waals surface area contributed by atoms with Crippen LogP contribution < -0.4 is 5.32 Å². The van der Waals surface area contributed by atoms with Crippen LogP contribution in [0.4, 0.5) is 5.69 Å². The highest BCUT2D eigenvalue weighted by atomic mass is 32.2. The van der Waals surface area contributed by atoms with Crippen molar-refractivity contribution in [2.24, 2.45) is 7.05 Å². The van der Waals surface area contributed by atoms with Crippen LogP contribution in [0, 0.1) is 0 Å². The van der Waals surface area contributed by atoms with Gasteiger partial charge in [0.15, 0.2) is 5.82 Å². The average Bonchev–Trinajstić information content (AvgIpc) is 3.22. The van der Waals surface area contributed by atoms with Gasteiger partial charge in [0.05, 0.1) is 11.3 Å². The summed E-state index contributed by atoms with van der Waals surface area (Å²) in [5.41, 5.74) is 1.51. The average molecular weight is 371 g/mol. The zero-order chi connectivity index (χ0) is 18.1. The van der Waals surface area contributed by atoms with Crippen LogP contribution in [0.15, 0.2) is 29.4 Å².